The van der Waals surface area contributed by atoms with Crippen molar-refractivity contribution in [3.05, 3.63) is 75.1 Å². The van der Waals surface area contributed by atoms with Crippen molar-refractivity contribution in [2.45, 2.75) is 40.0 Å². The van der Waals surface area contributed by atoms with Crippen LogP contribution in [0, 0.1) is 30.2 Å². The van der Waals surface area contributed by atoms with Crippen molar-refractivity contribution in [1.82, 2.24) is 9.97 Å². The van der Waals surface area contributed by atoms with Crippen LogP contribution in [0.15, 0.2) is 23.8 Å². The average molecular weight is 501 g/mol. The van der Waals surface area contributed by atoms with E-state index in [1.165, 1.54) is 31.0 Å². The minimum absolute atomic E-state index is 0.122. The van der Waals surface area contributed by atoms with Crippen molar-refractivity contribution in [2.24, 2.45) is 0 Å². The largest absolute Gasteiger partial charge is 0.298 e. The summed E-state index contributed by atoms with van der Waals surface area (Å²) in [6.45, 7) is 5.18. The molecule has 9 heteroatoms. The highest BCUT2D eigenvalue weighted by Gasteiger charge is 2.27. The van der Waals surface area contributed by atoms with Crippen LogP contribution in [0.1, 0.15) is 41.9 Å². The second kappa shape index (κ2) is 9.50. The van der Waals surface area contributed by atoms with Crippen molar-refractivity contribution in [3.8, 4) is 11.3 Å². The van der Waals surface area contributed by atoms with Crippen LogP contribution in [0.25, 0.3) is 17.3 Å². The van der Waals surface area contributed by atoms with E-state index in [-0.39, 0.29) is 28.1 Å². The smallest absolute Gasteiger partial charge is 0.232 e. The molecule has 4 rings (SSSR count). The number of amides is 1. The number of carbonyl (C=O) groups excluding carboxylic acids is 1. The molecule has 3 aromatic rings. The van der Waals surface area contributed by atoms with Gasteiger partial charge in [-0.15, -0.1) is 9.24 Å². The maximum Gasteiger partial charge on any atom is 0.232 e. The number of likely N-dealkylation sites (N-methyl/N-ethyl adjacent to an activating group) is 1. The number of rotatable bonds is 4. The van der Waals surface area contributed by atoms with Gasteiger partial charge in [-0.25, -0.2) is 27.5 Å². The van der Waals surface area contributed by atoms with E-state index in [0.717, 1.165) is 16.7 Å². The van der Waals surface area contributed by atoms with Crippen molar-refractivity contribution in [1.29, 1.82) is 0 Å². The average Bonchev–Trinajstić information content (AvgIpc) is 2.82. The minimum atomic E-state index is -1.61. The number of aromatic nitrogens is 2. The van der Waals surface area contributed by atoms with Gasteiger partial charge in [-0.3, -0.25) is 9.69 Å². The first-order chi connectivity index (χ1) is 16.5. The Labute approximate surface area is 203 Å². The lowest BCUT2D eigenvalue weighted by atomic mass is 9.91. The SMILES string of the molecule is CC(C)=Cc1nc2c(nc1N(C)C(=O)Cc1c(C)c(P)c(F)c(F)c1F)CCc1cc(F)ccc1-2. The Morgan fingerprint density at radius 2 is 1.80 bits per heavy atom. The first-order valence-electron chi connectivity index (χ1n) is 11.0. The minimum Gasteiger partial charge on any atom is -0.298 e. The highest BCUT2D eigenvalue weighted by atomic mass is 31.0. The molecular formula is C26H24F4N3OP. The van der Waals surface area contributed by atoms with Gasteiger partial charge in [0.15, 0.2) is 23.3 Å². The molecule has 182 valence electrons. The number of hydrogen-bond donors (Lipinski definition) is 0. The van der Waals surface area contributed by atoms with Gasteiger partial charge < -0.3 is 0 Å². The Balaban J connectivity index is 1.77. The van der Waals surface area contributed by atoms with Crippen LogP contribution in [0.4, 0.5) is 23.4 Å². The zero-order valence-corrected chi connectivity index (χ0v) is 20.9. The first-order valence-corrected chi connectivity index (χ1v) is 11.6. The number of carbonyl (C=O) groups is 1. The van der Waals surface area contributed by atoms with E-state index < -0.39 is 29.8 Å². The molecule has 1 amide bonds. The van der Waals surface area contributed by atoms with Gasteiger partial charge in [0.1, 0.15) is 11.5 Å². The molecule has 1 heterocycles. The Kier molecular flexibility index (Phi) is 6.78. The molecule has 0 saturated carbocycles. The Morgan fingerprint density at radius 1 is 1.09 bits per heavy atom. The summed E-state index contributed by atoms with van der Waals surface area (Å²) in [6, 6.07) is 4.54. The third kappa shape index (κ3) is 4.59. The Bertz CT molecular complexity index is 1370. The monoisotopic (exact) mass is 501 g/mol. The molecule has 1 aliphatic rings. The first kappa shape index (κ1) is 25.0. The van der Waals surface area contributed by atoms with Crippen LogP contribution in [0.3, 0.4) is 0 Å². The van der Waals surface area contributed by atoms with Crippen molar-refractivity contribution < 1.29 is 22.4 Å². The van der Waals surface area contributed by atoms with E-state index in [9.17, 15) is 22.4 Å². The molecule has 0 bridgehead atoms. The van der Waals surface area contributed by atoms with Gasteiger partial charge >= 0.3 is 0 Å². The summed E-state index contributed by atoms with van der Waals surface area (Å²) in [6.07, 6.45) is 2.37. The van der Waals surface area contributed by atoms with E-state index in [4.69, 9.17) is 9.97 Å². The molecule has 1 aromatic heterocycles. The Morgan fingerprint density at radius 3 is 2.49 bits per heavy atom. The number of aryl methyl sites for hydroxylation is 2. The van der Waals surface area contributed by atoms with Crippen LogP contribution in [-0.2, 0) is 24.1 Å². The highest BCUT2D eigenvalue weighted by molar-refractivity contribution is 7.27. The molecule has 1 atom stereocenters. The maximum absolute atomic E-state index is 14.5. The fourth-order valence-electron chi connectivity index (χ4n) is 4.17. The summed E-state index contributed by atoms with van der Waals surface area (Å²) in [5.41, 5.74) is 4.18. The topological polar surface area (TPSA) is 46.1 Å². The lowest BCUT2D eigenvalue weighted by Crippen LogP contribution is -2.31. The predicted octanol–water partition coefficient (Wildman–Crippen LogP) is 5.24. The second-order valence-corrected chi connectivity index (χ2v) is 9.42. The van der Waals surface area contributed by atoms with E-state index in [1.807, 2.05) is 23.1 Å². The van der Waals surface area contributed by atoms with Crippen LogP contribution in [0.5, 0.6) is 0 Å². The number of benzene rings is 2. The Hall–Kier alpha value is -3.12. The summed E-state index contributed by atoms with van der Waals surface area (Å²) in [5, 5.41) is -0.122. The van der Waals surface area contributed by atoms with E-state index >= 15 is 0 Å². The van der Waals surface area contributed by atoms with E-state index in [2.05, 4.69) is 0 Å². The fourth-order valence-corrected chi connectivity index (χ4v) is 4.47. The van der Waals surface area contributed by atoms with Gasteiger partial charge in [-0.2, -0.15) is 0 Å². The van der Waals surface area contributed by atoms with E-state index in [0.29, 0.717) is 29.9 Å². The van der Waals surface area contributed by atoms with Crippen molar-refractivity contribution in [3.63, 3.8) is 0 Å². The normalized spacial score (nSPS) is 12.1. The fraction of sp³-hybridized carbons (Fsp3) is 0.269. The molecule has 1 aliphatic carbocycles. The lowest BCUT2D eigenvalue weighted by molar-refractivity contribution is -0.117. The van der Waals surface area contributed by atoms with Crippen LogP contribution in [-0.4, -0.2) is 22.9 Å². The molecular weight excluding hydrogens is 477 g/mol. The summed E-state index contributed by atoms with van der Waals surface area (Å²) in [5.74, 6) is -4.88. The van der Waals surface area contributed by atoms with Gasteiger partial charge in [0, 0.05) is 23.5 Å². The molecule has 2 aromatic carbocycles. The summed E-state index contributed by atoms with van der Waals surface area (Å²) >= 11 is 0. The number of allylic oxidation sites excluding steroid dienone is 1. The van der Waals surface area contributed by atoms with E-state index in [1.54, 1.807) is 12.1 Å². The molecule has 35 heavy (non-hydrogen) atoms. The molecule has 0 aliphatic heterocycles. The molecule has 0 N–H and O–H groups in total. The standard InChI is InChI=1S/C26H24F4N3OP/c1-12(2)9-19-26(32-18-8-5-14-10-15(27)6-7-16(14)24(18)31-19)33(4)20(34)11-17-13(3)25(35)23(30)22(29)21(17)28/h6-7,9-10H,5,8,11,35H2,1-4H3. The second-order valence-electron chi connectivity index (χ2n) is 8.84. The number of nitrogens with zero attached hydrogens (tertiary/aromatic N) is 3. The lowest BCUT2D eigenvalue weighted by Gasteiger charge is -2.24. The third-order valence-electron chi connectivity index (χ3n) is 6.12. The third-order valence-corrected chi connectivity index (χ3v) is 6.80. The summed E-state index contributed by atoms with van der Waals surface area (Å²) in [4.78, 5) is 23.9. The number of halogens is 4. The molecule has 0 saturated heterocycles. The highest BCUT2D eigenvalue weighted by Crippen LogP contribution is 2.34. The van der Waals surface area contributed by atoms with Gasteiger partial charge in [0.2, 0.25) is 5.91 Å². The zero-order chi connectivity index (χ0) is 25.6. The number of fused-ring (bicyclic) bond motifs is 3. The molecule has 0 spiro atoms. The predicted molar refractivity (Wildman–Crippen MR) is 132 cm³/mol. The molecule has 0 radical (unpaired) electrons. The molecule has 0 fully saturated rings. The van der Waals surface area contributed by atoms with Gasteiger partial charge in [-0.1, -0.05) is 5.57 Å². The van der Waals surface area contributed by atoms with Gasteiger partial charge in [-0.05, 0) is 69.0 Å². The van der Waals surface area contributed by atoms with Crippen LogP contribution >= 0.6 is 9.24 Å². The summed E-state index contributed by atoms with van der Waals surface area (Å²) in [7, 11) is 3.53. The summed E-state index contributed by atoms with van der Waals surface area (Å²) < 4.78 is 56.1. The maximum atomic E-state index is 14.5. The molecule has 4 nitrogen and oxygen atoms in total. The molecule has 1 unspecified atom stereocenters. The quantitative estimate of drug-likeness (QED) is 0.279. The zero-order valence-electron chi connectivity index (χ0n) is 19.8. The van der Waals surface area contributed by atoms with Gasteiger partial charge in [0.05, 0.1) is 17.8 Å². The van der Waals surface area contributed by atoms with Gasteiger partial charge in [0.25, 0.3) is 0 Å². The van der Waals surface area contributed by atoms with Crippen molar-refractivity contribution in [2.75, 3.05) is 11.9 Å². The number of anilines is 1. The number of hydrogen-bond acceptors (Lipinski definition) is 3. The van der Waals surface area contributed by atoms with Crippen molar-refractivity contribution >= 4 is 32.3 Å². The van der Waals surface area contributed by atoms with Crippen LogP contribution in [0.2, 0.25) is 0 Å². The van der Waals surface area contributed by atoms with Crippen LogP contribution < -0.4 is 10.2 Å².